The average Bonchev–Trinajstić information content (AvgIpc) is 3.06. The van der Waals surface area contributed by atoms with Crippen LogP contribution in [0.5, 0.6) is 17.2 Å². The number of esters is 1. The molecule has 1 amide bonds. The Morgan fingerprint density at radius 1 is 0.909 bits per heavy atom. The molecular formula is C34H33BrClN3O5. The summed E-state index contributed by atoms with van der Waals surface area (Å²) in [4.78, 5) is 28.8. The highest BCUT2D eigenvalue weighted by Gasteiger charge is 2.25. The van der Waals surface area contributed by atoms with Gasteiger partial charge in [0.05, 0.1) is 37.7 Å². The number of para-hydroxylation sites is 2. The third-order valence-electron chi connectivity index (χ3n) is 7.33. The van der Waals surface area contributed by atoms with Crippen molar-refractivity contribution in [2.75, 3.05) is 42.6 Å². The Morgan fingerprint density at radius 2 is 1.57 bits per heavy atom. The Labute approximate surface area is 270 Å². The van der Waals surface area contributed by atoms with E-state index in [4.69, 9.17) is 25.8 Å². The second-order valence-corrected chi connectivity index (χ2v) is 11.6. The van der Waals surface area contributed by atoms with E-state index in [-0.39, 0.29) is 17.9 Å². The van der Waals surface area contributed by atoms with Crippen molar-refractivity contribution in [3.8, 4) is 17.2 Å². The Kier molecular flexibility index (Phi) is 10.3. The second-order valence-electron chi connectivity index (χ2n) is 10.3. The van der Waals surface area contributed by atoms with Gasteiger partial charge in [0.15, 0.2) is 0 Å². The van der Waals surface area contributed by atoms with Crippen molar-refractivity contribution in [2.24, 2.45) is 0 Å². The normalized spacial score (nSPS) is 12.8. The van der Waals surface area contributed by atoms with Crippen molar-refractivity contribution in [1.82, 2.24) is 0 Å². The molecular weight excluding hydrogens is 646 g/mol. The molecule has 5 rings (SSSR count). The van der Waals surface area contributed by atoms with Crippen LogP contribution in [-0.4, -0.2) is 39.2 Å². The maximum Gasteiger partial charge on any atom is 0.341 e. The van der Waals surface area contributed by atoms with Gasteiger partial charge in [0.1, 0.15) is 22.8 Å². The highest BCUT2D eigenvalue weighted by Crippen LogP contribution is 2.34. The van der Waals surface area contributed by atoms with E-state index in [9.17, 15) is 9.59 Å². The van der Waals surface area contributed by atoms with Gasteiger partial charge in [0.2, 0.25) is 5.91 Å². The first-order valence-electron chi connectivity index (χ1n) is 14.3. The number of amides is 1. The minimum absolute atomic E-state index is 0.0253. The summed E-state index contributed by atoms with van der Waals surface area (Å²) in [6.07, 6.45) is 3.42. The molecule has 4 aromatic carbocycles. The van der Waals surface area contributed by atoms with E-state index in [2.05, 4.69) is 32.3 Å². The molecule has 0 aromatic heterocycles. The second kappa shape index (κ2) is 14.5. The Bertz CT molecular complexity index is 1610. The highest BCUT2D eigenvalue weighted by atomic mass is 79.9. The highest BCUT2D eigenvalue weighted by molar-refractivity contribution is 9.10. The number of halogens is 2. The zero-order chi connectivity index (χ0) is 31.1. The fourth-order valence-electron chi connectivity index (χ4n) is 5.09. The Balaban J connectivity index is 1.45. The van der Waals surface area contributed by atoms with Crippen molar-refractivity contribution in [2.45, 2.75) is 25.7 Å². The van der Waals surface area contributed by atoms with Crippen LogP contribution in [-0.2, 0) is 16.0 Å². The van der Waals surface area contributed by atoms with Crippen LogP contribution in [0.25, 0.3) is 0 Å². The number of methoxy groups -OCH3 is 2. The zero-order valence-electron chi connectivity index (χ0n) is 24.5. The molecule has 1 fully saturated rings. The summed E-state index contributed by atoms with van der Waals surface area (Å²) in [6, 6.07) is 25.8. The number of nitrogens with one attached hydrogen (secondary N) is 1. The number of anilines is 3. The lowest BCUT2D eigenvalue weighted by atomic mass is 10.1. The van der Waals surface area contributed by atoms with Gasteiger partial charge in [0.25, 0.3) is 0 Å². The Hall–Kier alpha value is -4.21. The average molecular weight is 679 g/mol. The van der Waals surface area contributed by atoms with Gasteiger partial charge in [-0.25, -0.2) is 9.80 Å². The minimum Gasteiger partial charge on any atom is -0.496 e. The SMILES string of the molecule is COC(=O)c1cc(Br)c(CC(=O)N(Nc2ccc(Oc3ccc(Cl)cc3)cc2)c2ccccc2N2CCCCC2)cc1OC. The molecule has 0 saturated carbocycles. The number of rotatable bonds is 10. The number of piperidine rings is 1. The fourth-order valence-corrected chi connectivity index (χ4v) is 5.70. The van der Waals surface area contributed by atoms with E-state index in [1.54, 1.807) is 41.4 Å². The monoisotopic (exact) mass is 677 g/mol. The van der Waals surface area contributed by atoms with E-state index in [1.165, 1.54) is 20.6 Å². The molecule has 0 bridgehead atoms. The van der Waals surface area contributed by atoms with Gasteiger partial charge in [0, 0.05) is 22.6 Å². The summed E-state index contributed by atoms with van der Waals surface area (Å²) in [5, 5.41) is 2.22. The molecule has 0 spiro atoms. The van der Waals surface area contributed by atoms with E-state index in [1.807, 2.05) is 42.5 Å². The number of hydrogen-bond donors (Lipinski definition) is 1. The largest absolute Gasteiger partial charge is 0.496 e. The molecule has 1 saturated heterocycles. The topological polar surface area (TPSA) is 80.3 Å². The molecule has 44 heavy (non-hydrogen) atoms. The van der Waals surface area contributed by atoms with Gasteiger partial charge in [-0.15, -0.1) is 0 Å². The number of ether oxygens (including phenoxy) is 3. The number of benzene rings is 4. The third-order valence-corrected chi connectivity index (χ3v) is 8.32. The molecule has 10 heteroatoms. The van der Waals surface area contributed by atoms with Crippen molar-refractivity contribution < 1.29 is 23.8 Å². The predicted molar refractivity (Wildman–Crippen MR) is 177 cm³/mol. The smallest absolute Gasteiger partial charge is 0.341 e. The van der Waals surface area contributed by atoms with E-state index in [0.717, 1.165) is 37.3 Å². The van der Waals surface area contributed by atoms with Crippen molar-refractivity contribution in [1.29, 1.82) is 0 Å². The van der Waals surface area contributed by atoms with Crippen molar-refractivity contribution in [3.05, 3.63) is 106 Å². The summed E-state index contributed by atoms with van der Waals surface area (Å²) in [5.41, 5.74) is 6.70. The lowest BCUT2D eigenvalue weighted by Crippen LogP contribution is -2.39. The van der Waals surface area contributed by atoms with Gasteiger partial charge < -0.3 is 19.1 Å². The first-order chi connectivity index (χ1) is 21.4. The van der Waals surface area contributed by atoms with Crippen LogP contribution in [0.4, 0.5) is 17.1 Å². The Morgan fingerprint density at radius 3 is 2.23 bits per heavy atom. The maximum absolute atomic E-state index is 14.2. The summed E-state index contributed by atoms with van der Waals surface area (Å²) in [6.45, 7) is 1.85. The van der Waals surface area contributed by atoms with E-state index >= 15 is 0 Å². The van der Waals surface area contributed by atoms with Crippen LogP contribution in [0.3, 0.4) is 0 Å². The van der Waals surface area contributed by atoms with Crippen LogP contribution in [0.15, 0.2) is 89.4 Å². The third kappa shape index (κ3) is 7.46. The molecule has 0 aliphatic carbocycles. The molecule has 0 radical (unpaired) electrons. The van der Waals surface area contributed by atoms with Gasteiger partial charge in [-0.2, -0.15) is 0 Å². The molecule has 4 aromatic rings. The van der Waals surface area contributed by atoms with Crippen LogP contribution < -0.4 is 24.8 Å². The first kappa shape index (κ1) is 31.2. The van der Waals surface area contributed by atoms with Crippen LogP contribution in [0.1, 0.15) is 35.2 Å². The van der Waals surface area contributed by atoms with Crippen LogP contribution in [0, 0.1) is 0 Å². The first-order valence-corrected chi connectivity index (χ1v) is 15.4. The van der Waals surface area contributed by atoms with Gasteiger partial charge in [-0.1, -0.05) is 39.7 Å². The van der Waals surface area contributed by atoms with Crippen molar-refractivity contribution >= 4 is 56.5 Å². The number of carbonyl (C=O) groups excluding carboxylic acids is 2. The lowest BCUT2D eigenvalue weighted by Gasteiger charge is -2.34. The molecule has 1 aliphatic heterocycles. The summed E-state index contributed by atoms with van der Waals surface area (Å²) in [7, 11) is 2.79. The molecule has 1 aliphatic rings. The molecule has 228 valence electrons. The molecule has 1 N–H and O–H groups in total. The summed E-state index contributed by atoms with van der Waals surface area (Å²) < 4.78 is 16.9. The fraction of sp³-hybridized carbons (Fsp3) is 0.235. The van der Waals surface area contributed by atoms with Crippen LogP contribution >= 0.6 is 27.5 Å². The predicted octanol–water partition coefficient (Wildman–Crippen LogP) is 8.28. The number of nitrogens with zero attached hydrogens (tertiary/aromatic N) is 2. The number of hydrogen-bond acceptors (Lipinski definition) is 7. The van der Waals surface area contributed by atoms with Gasteiger partial charge in [-0.05, 0) is 97.6 Å². The van der Waals surface area contributed by atoms with Gasteiger partial charge >= 0.3 is 5.97 Å². The molecule has 8 nitrogen and oxygen atoms in total. The quantitative estimate of drug-likeness (QED) is 0.134. The molecule has 0 atom stereocenters. The number of carbonyl (C=O) groups is 2. The summed E-state index contributed by atoms with van der Waals surface area (Å²) >= 11 is 9.54. The molecule has 0 unspecified atom stereocenters. The lowest BCUT2D eigenvalue weighted by molar-refractivity contribution is -0.117. The van der Waals surface area contributed by atoms with E-state index < -0.39 is 5.97 Å². The zero-order valence-corrected chi connectivity index (χ0v) is 26.9. The van der Waals surface area contributed by atoms with Crippen molar-refractivity contribution in [3.63, 3.8) is 0 Å². The summed E-state index contributed by atoms with van der Waals surface area (Å²) in [5.74, 6) is 0.910. The minimum atomic E-state index is -0.525. The standard InChI is InChI=1S/C34H33BrClN3O5/c1-42-32-20-23(29(35)22-28(32)34(41)43-2)21-33(40)39(31-9-5-4-8-30(31)38-18-6-3-7-19-38)37-25-12-16-27(17-13-25)44-26-14-10-24(36)11-15-26/h4-5,8-17,20,22,37H,3,6-7,18-19,21H2,1-2H3. The number of hydrazine groups is 1. The molecule has 1 heterocycles. The maximum atomic E-state index is 14.2. The van der Waals surface area contributed by atoms with Crippen LogP contribution in [0.2, 0.25) is 5.02 Å². The van der Waals surface area contributed by atoms with E-state index in [0.29, 0.717) is 38.0 Å². The van der Waals surface area contributed by atoms with Gasteiger partial charge in [-0.3, -0.25) is 10.2 Å².